The summed E-state index contributed by atoms with van der Waals surface area (Å²) in [6, 6.07) is 11.3. The highest BCUT2D eigenvalue weighted by atomic mass is 16.2. The third-order valence-corrected chi connectivity index (χ3v) is 4.31. The minimum Gasteiger partial charge on any atom is -0.338 e. The van der Waals surface area contributed by atoms with Gasteiger partial charge in [-0.05, 0) is 37.7 Å². The number of carbonyl (C=O) groups excluding carboxylic acids is 1. The fraction of sp³-hybridized carbons (Fsp3) is 0.471. The van der Waals surface area contributed by atoms with Crippen LogP contribution in [-0.4, -0.2) is 29.6 Å². The van der Waals surface area contributed by atoms with E-state index in [2.05, 4.69) is 41.7 Å². The fourth-order valence-electron chi connectivity index (χ4n) is 3.27. The van der Waals surface area contributed by atoms with Crippen molar-refractivity contribution in [3.05, 3.63) is 48.0 Å². The normalized spacial score (nSPS) is 23.9. The molecule has 2 aliphatic rings. The maximum absolute atomic E-state index is 12.3. The second kappa shape index (κ2) is 6.12. The van der Waals surface area contributed by atoms with Crippen LogP contribution in [-0.2, 0) is 6.42 Å². The average Bonchev–Trinajstić information content (AvgIpc) is 2.74. The zero-order chi connectivity index (χ0) is 13.8. The van der Waals surface area contributed by atoms with E-state index in [0.29, 0.717) is 12.1 Å². The summed E-state index contributed by atoms with van der Waals surface area (Å²) in [5.41, 5.74) is 1.34. The molecule has 0 aliphatic carbocycles. The minimum absolute atomic E-state index is 0.120. The molecule has 2 heterocycles. The van der Waals surface area contributed by atoms with E-state index in [1.165, 1.54) is 5.56 Å². The summed E-state index contributed by atoms with van der Waals surface area (Å²) in [6.45, 7) is 0.757. The van der Waals surface area contributed by atoms with Gasteiger partial charge < -0.3 is 10.2 Å². The molecule has 1 aromatic rings. The van der Waals surface area contributed by atoms with Crippen molar-refractivity contribution in [2.75, 3.05) is 6.54 Å². The Morgan fingerprint density at radius 3 is 2.90 bits per heavy atom. The van der Waals surface area contributed by atoms with E-state index in [4.69, 9.17) is 0 Å². The van der Waals surface area contributed by atoms with Gasteiger partial charge in [0, 0.05) is 12.6 Å². The summed E-state index contributed by atoms with van der Waals surface area (Å²) in [5, 5.41) is 3.08. The number of rotatable bonds is 4. The lowest BCUT2D eigenvalue weighted by molar-refractivity contribution is 0.178. The van der Waals surface area contributed by atoms with Gasteiger partial charge in [0.05, 0.1) is 6.04 Å². The summed E-state index contributed by atoms with van der Waals surface area (Å²) in [7, 11) is 0. The number of fused-ring (bicyclic) bond motifs is 2. The highest BCUT2D eigenvalue weighted by molar-refractivity contribution is 5.75. The third kappa shape index (κ3) is 2.87. The fourth-order valence-corrected chi connectivity index (χ4v) is 3.27. The smallest absolute Gasteiger partial charge is 0.318 e. The monoisotopic (exact) mass is 270 g/mol. The molecule has 3 rings (SSSR count). The lowest BCUT2D eigenvalue weighted by atomic mass is 10.1. The van der Waals surface area contributed by atoms with Crippen LogP contribution in [0.3, 0.4) is 0 Å². The first-order chi connectivity index (χ1) is 9.84. The molecule has 20 heavy (non-hydrogen) atoms. The lowest BCUT2D eigenvalue weighted by Crippen LogP contribution is -2.47. The van der Waals surface area contributed by atoms with Gasteiger partial charge in [0.15, 0.2) is 0 Å². The Hall–Kier alpha value is -1.77. The van der Waals surface area contributed by atoms with Crippen molar-refractivity contribution in [2.45, 2.75) is 44.2 Å². The Morgan fingerprint density at radius 2 is 2.10 bits per heavy atom. The number of nitrogens with zero attached hydrogens (tertiary/aromatic N) is 1. The molecule has 3 heteroatoms. The Morgan fingerprint density at radius 1 is 1.25 bits per heavy atom. The molecule has 2 amide bonds. The topological polar surface area (TPSA) is 32.3 Å². The van der Waals surface area contributed by atoms with Gasteiger partial charge in [0.25, 0.3) is 0 Å². The van der Waals surface area contributed by atoms with Crippen LogP contribution in [0.2, 0.25) is 0 Å². The SMILES string of the molecule is O=C(NCCCc1ccccc1)N1C2C=CCC1CC2. The van der Waals surface area contributed by atoms with E-state index in [9.17, 15) is 4.79 Å². The van der Waals surface area contributed by atoms with Crippen LogP contribution in [0.4, 0.5) is 4.79 Å². The van der Waals surface area contributed by atoms with Gasteiger partial charge in [-0.2, -0.15) is 0 Å². The molecule has 0 saturated carbocycles. The van der Waals surface area contributed by atoms with Crippen LogP contribution < -0.4 is 5.32 Å². The largest absolute Gasteiger partial charge is 0.338 e. The molecular formula is C17H22N2O. The predicted molar refractivity (Wildman–Crippen MR) is 80.6 cm³/mol. The van der Waals surface area contributed by atoms with Crippen molar-refractivity contribution in [2.24, 2.45) is 0 Å². The predicted octanol–water partition coefficient (Wildman–Crippen LogP) is 3.12. The molecule has 1 saturated heterocycles. The van der Waals surface area contributed by atoms with Crippen molar-refractivity contribution >= 4 is 6.03 Å². The number of nitrogens with one attached hydrogen (secondary N) is 1. The third-order valence-electron chi connectivity index (χ3n) is 4.31. The molecule has 1 fully saturated rings. The van der Waals surface area contributed by atoms with E-state index >= 15 is 0 Å². The van der Waals surface area contributed by atoms with Crippen LogP contribution in [0, 0.1) is 0 Å². The highest BCUT2D eigenvalue weighted by Gasteiger charge is 2.36. The van der Waals surface area contributed by atoms with E-state index < -0.39 is 0 Å². The molecule has 2 aliphatic heterocycles. The van der Waals surface area contributed by atoms with Crippen LogP contribution in [0.15, 0.2) is 42.5 Å². The standard InChI is InChI=1S/C17H22N2O/c20-17(19-15-9-4-10-16(19)12-11-15)18-13-5-8-14-6-2-1-3-7-14/h1-4,6-7,9,15-16H,5,8,10-13H2,(H,18,20). The molecule has 2 unspecified atom stereocenters. The van der Waals surface area contributed by atoms with Crippen LogP contribution in [0.1, 0.15) is 31.2 Å². The van der Waals surface area contributed by atoms with Gasteiger partial charge in [-0.3, -0.25) is 0 Å². The van der Waals surface area contributed by atoms with Gasteiger partial charge in [0.2, 0.25) is 0 Å². The summed E-state index contributed by atoms with van der Waals surface area (Å²) in [6.07, 6.45) is 9.72. The minimum atomic E-state index is 0.120. The summed E-state index contributed by atoms with van der Waals surface area (Å²) in [4.78, 5) is 14.3. The Balaban J connectivity index is 1.43. The highest BCUT2D eigenvalue weighted by Crippen LogP contribution is 2.31. The second-order valence-corrected chi connectivity index (χ2v) is 5.69. The van der Waals surface area contributed by atoms with Crippen molar-refractivity contribution in [3.63, 3.8) is 0 Å². The molecule has 1 N–H and O–H groups in total. The second-order valence-electron chi connectivity index (χ2n) is 5.69. The van der Waals surface area contributed by atoms with Crippen molar-refractivity contribution in [3.8, 4) is 0 Å². The first-order valence-electron chi connectivity index (χ1n) is 7.61. The number of amides is 2. The molecule has 2 bridgehead atoms. The maximum Gasteiger partial charge on any atom is 0.318 e. The molecule has 1 aromatic carbocycles. The molecule has 3 nitrogen and oxygen atoms in total. The number of carbonyl (C=O) groups is 1. The van der Waals surface area contributed by atoms with Gasteiger partial charge in [-0.15, -0.1) is 0 Å². The molecule has 2 atom stereocenters. The van der Waals surface area contributed by atoms with Crippen LogP contribution in [0.25, 0.3) is 0 Å². The quantitative estimate of drug-likeness (QED) is 0.661. The first kappa shape index (κ1) is 13.2. The molecule has 0 spiro atoms. The number of urea groups is 1. The summed E-state index contributed by atoms with van der Waals surface area (Å²) >= 11 is 0. The Kier molecular flexibility index (Phi) is 4.05. The maximum atomic E-state index is 12.3. The van der Waals surface area contributed by atoms with Crippen molar-refractivity contribution in [1.82, 2.24) is 10.2 Å². The molecule has 0 aromatic heterocycles. The van der Waals surface area contributed by atoms with Crippen molar-refractivity contribution < 1.29 is 4.79 Å². The van der Waals surface area contributed by atoms with E-state index in [1.54, 1.807) is 0 Å². The summed E-state index contributed by atoms with van der Waals surface area (Å²) in [5.74, 6) is 0. The Bertz CT molecular complexity index is 483. The van der Waals surface area contributed by atoms with Gasteiger partial charge in [-0.1, -0.05) is 42.5 Å². The Labute approximate surface area is 120 Å². The average molecular weight is 270 g/mol. The zero-order valence-electron chi connectivity index (χ0n) is 11.8. The van der Waals surface area contributed by atoms with Crippen LogP contribution in [0.5, 0.6) is 0 Å². The van der Waals surface area contributed by atoms with E-state index in [0.717, 1.165) is 38.6 Å². The van der Waals surface area contributed by atoms with Crippen LogP contribution >= 0.6 is 0 Å². The number of hydrogen-bond acceptors (Lipinski definition) is 1. The number of aryl methyl sites for hydroxylation is 1. The van der Waals surface area contributed by atoms with Gasteiger partial charge in [-0.25, -0.2) is 4.79 Å². The van der Waals surface area contributed by atoms with Gasteiger partial charge in [0.1, 0.15) is 0 Å². The molecular weight excluding hydrogens is 248 g/mol. The summed E-state index contributed by atoms with van der Waals surface area (Å²) < 4.78 is 0. The lowest BCUT2D eigenvalue weighted by Gasteiger charge is -2.31. The van der Waals surface area contributed by atoms with Crippen molar-refractivity contribution in [1.29, 1.82) is 0 Å². The van der Waals surface area contributed by atoms with E-state index in [-0.39, 0.29) is 6.03 Å². The number of benzene rings is 1. The van der Waals surface area contributed by atoms with E-state index in [1.807, 2.05) is 11.0 Å². The van der Waals surface area contributed by atoms with Gasteiger partial charge >= 0.3 is 6.03 Å². The number of hydrogen-bond donors (Lipinski definition) is 1. The molecule has 0 radical (unpaired) electrons. The molecule has 106 valence electrons. The zero-order valence-corrected chi connectivity index (χ0v) is 11.8. The first-order valence-corrected chi connectivity index (χ1v) is 7.61.